The average molecular weight is 168 g/mol. The van der Waals surface area contributed by atoms with Gasteiger partial charge < -0.3 is 4.98 Å². The number of aromatic nitrogens is 2. The van der Waals surface area contributed by atoms with E-state index in [4.69, 9.17) is 12.2 Å². The molecule has 0 saturated heterocycles. The molecule has 0 aliphatic heterocycles. The smallest absolute Gasteiger partial charge is 0.196 e. The molecule has 1 aromatic heterocycles. The van der Waals surface area contributed by atoms with Crippen LogP contribution in [0.3, 0.4) is 0 Å². The summed E-state index contributed by atoms with van der Waals surface area (Å²) < 4.78 is 0.582. The summed E-state index contributed by atoms with van der Waals surface area (Å²) in [6, 6.07) is 1.98. The first-order valence-corrected chi connectivity index (χ1v) is 4.28. The largest absolute Gasteiger partial charge is 0.335 e. The first-order valence-electron chi connectivity index (χ1n) is 3.87. The lowest BCUT2D eigenvalue weighted by atomic mass is 10.2. The number of hydrogen-bond acceptors (Lipinski definition) is 2. The Kier molecular flexibility index (Phi) is 3.23. The van der Waals surface area contributed by atoms with Crippen LogP contribution in [0.5, 0.6) is 0 Å². The molecule has 0 saturated carbocycles. The fraction of sp³-hybridized carbons (Fsp3) is 0.500. The molecule has 0 unspecified atom stereocenters. The molecular formula is C8H12N2S. The number of aromatic amines is 1. The second kappa shape index (κ2) is 4.23. The summed E-state index contributed by atoms with van der Waals surface area (Å²) in [7, 11) is 0. The predicted molar refractivity (Wildman–Crippen MR) is 48.0 cm³/mol. The molecule has 60 valence electrons. The van der Waals surface area contributed by atoms with Crippen LogP contribution in [0.25, 0.3) is 0 Å². The van der Waals surface area contributed by atoms with Crippen LogP contribution >= 0.6 is 12.2 Å². The minimum absolute atomic E-state index is 0.582. The van der Waals surface area contributed by atoms with E-state index in [1.54, 1.807) is 6.20 Å². The van der Waals surface area contributed by atoms with Crippen LogP contribution in [-0.2, 0) is 6.42 Å². The maximum Gasteiger partial charge on any atom is 0.196 e. The molecular weight excluding hydrogens is 156 g/mol. The Labute approximate surface area is 71.7 Å². The zero-order valence-electron chi connectivity index (χ0n) is 6.63. The Morgan fingerprint density at radius 1 is 1.64 bits per heavy atom. The van der Waals surface area contributed by atoms with Gasteiger partial charge in [0.1, 0.15) is 0 Å². The first-order chi connectivity index (χ1) is 5.33. The number of aryl methyl sites for hydroxylation is 1. The second-order valence-electron chi connectivity index (χ2n) is 2.50. The number of hydrogen-bond donors (Lipinski definition) is 1. The number of nitrogens with zero attached hydrogens (tertiary/aromatic N) is 1. The van der Waals surface area contributed by atoms with Crippen molar-refractivity contribution in [1.29, 1.82) is 0 Å². The van der Waals surface area contributed by atoms with Crippen molar-refractivity contribution in [1.82, 2.24) is 9.97 Å². The highest BCUT2D eigenvalue weighted by Gasteiger charge is 1.90. The van der Waals surface area contributed by atoms with Crippen molar-refractivity contribution in [3.05, 3.63) is 22.7 Å². The Morgan fingerprint density at radius 3 is 3.09 bits per heavy atom. The van der Waals surface area contributed by atoms with E-state index >= 15 is 0 Å². The summed E-state index contributed by atoms with van der Waals surface area (Å²) >= 11 is 4.88. The standard InChI is InChI=1S/C8H12N2S/c1-2-3-4-7-5-6-9-8(11)10-7/h5-6H,2-4H2,1H3,(H,9,10,11). The van der Waals surface area contributed by atoms with Crippen LogP contribution in [0.2, 0.25) is 0 Å². The molecule has 11 heavy (non-hydrogen) atoms. The van der Waals surface area contributed by atoms with E-state index in [1.165, 1.54) is 18.5 Å². The van der Waals surface area contributed by atoms with Crippen LogP contribution < -0.4 is 0 Å². The molecule has 0 radical (unpaired) electrons. The van der Waals surface area contributed by atoms with Gasteiger partial charge in [-0.05, 0) is 31.1 Å². The zero-order valence-corrected chi connectivity index (χ0v) is 7.45. The normalized spacial score (nSPS) is 9.91. The van der Waals surface area contributed by atoms with Crippen LogP contribution in [0.4, 0.5) is 0 Å². The Hall–Kier alpha value is -0.700. The molecule has 0 amide bonds. The quantitative estimate of drug-likeness (QED) is 0.702. The van der Waals surface area contributed by atoms with Gasteiger partial charge in [0.25, 0.3) is 0 Å². The molecule has 0 atom stereocenters. The maximum atomic E-state index is 4.88. The van der Waals surface area contributed by atoms with Gasteiger partial charge in [-0.25, -0.2) is 4.98 Å². The second-order valence-corrected chi connectivity index (χ2v) is 2.89. The lowest BCUT2D eigenvalue weighted by Crippen LogP contribution is -1.90. The molecule has 0 bridgehead atoms. The van der Waals surface area contributed by atoms with Gasteiger partial charge in [-0.3, -0.25) is 0 Å². The third-order valence-electron chi connectivity index (χ3n) is 1.53. The van der Waals surface area contributed by atoms with Gasteiger partial charge >= 0.3 is 0 Å². The third kappa shape index (κ3) is 2.80. The fourth-order valence-corrected chi connectivity index (χ4v) is 1.11. The molecule has 2 nitrogen and oxygen atoms in total. The number of unbranched alkanes of at least 4 members (excludes halogenated alkanes) is 1. The number of rotatable bonds is 3. The van der Waals surface area contributed by atoms with E-state index in [0.717, 1.165) is 6.42 Å². The molecule has 1 N–H and O–H groups in total. The van der Waals surface area contributed by atoms with E-state index in [9.17, 15) is 0 Å². The van der Waals surface area contributed by atoms with Crippen molar-refractivity contribution in [3.8, 4) is 0 Å². The van der Waals surface area contributed by atoms with Crippen molar-refractivity contribution < 1.29 is 0 Å². The highest BCUT2D eigenvalue weighted by molar-refractivity contribution is 7.71. The first kappa shape index (κ1) is 8.40. The van der Waals surface area contributed by atoms with Gasteiger partial charge in [0.15, 0.2) is 4.77 Å². The van der Waals surface area contributed by atoms with Gasteiger partial charge in [0.05, 0.1) is 0 Å². The molecule has 0 aromatic carbocycles. The maximum absolute atomic E-state index is 4.88. The molecule has 0 fully saturated rings. The van der Waals surface area contributed by atoms with E-state index in [2.05, 4.69) is 16.9 Å². The summed E-state index contributed by atoms with van der Waals surface area (Å²) in [5, 5.41) is 0. The molecule has 0 aliphatic carbocycles. The van der Waals surface area contributed by atoms with Crippen LogP contribution in [-0.4, -0.2) is 9.97 Å². The van der Waals surface area contributed by atoms with Gasteiger partial charge in [0, 0.05) is 11.9 Å². The lowest BCUT2D eigenvalue weighted by molar-refractivity contribution is 0.771. The van der Waals surface area contributed by atoms with Gasteiger partial charge in [0.2, 0.25) is 0 Å². The highest BCUT2D eigenvalue weighted by Crippen LogP contribution is 1.99. The van der Waals surface area contributed by atoms with E-state index in [1.807, 2.05) is 6.07 Å². The van der Waals surface area contributed by atoms with Crippen molar-refractivity contribution in [2.24, 2.45) is 0 Å². The van der Waals surface area contributed by atoms with Crippen molar-refractivity contribution in [2.45, 2.75) is 26.2 Å². The SMILES string of the molecule is CCCCc1ccnc(=S)[nH]1. The molecule has 1 aromatic rings. The Bertz CT molecular complexity index is 267. The molecule has 0 spiro atoms. The summed E-state index contributed by atoms with van der Waals surface area (Å²) in [5.41, 5.74) is 1.19. The monoisotopic (exact) mass is 168 g/mol. The Morgan fingerprint density at radius 2 is 2.45 bits per heavy atom. The Balaban J connectivity index is 2.64. The summed E-state index contributed by atoms with van der Waals surface area (Å²) in [6.45, 7) is 2.18. The van der Waals surface area contributed by atoms with Gasteiger partial charge in [-0.15, -0.1) is 0 Å². The van der Waals surface area contributed by atoms with E-state index in [-0.39, 0.29) is 0 Å². The van der Waals surface area contributed by atoms with Crippen molar-refractivity contribution >= 4 is 12.2 Å². The highest BCUT2D eigenvalue weighted by atomic mass is 32.1. The summed E-state index contributed by atoms with van der Waals surface area (Å²) in [4.78, 5) is 6.95. The summed E-state index contributed by atoms with van der Waals surface area (Å²) in [5.74, 6) is 0. The van der Waals surface area contributed by atoms with Gasteiger partial charge in [-0.1, -0.05) is 13.3 Å². The topological polar surface area (TPSA) is 28.7 Å². The van der Waals surface area contributed by atoms with Crippen LogP contribution in [0.15, 0.2) is 12.3 Å². The van der Waals surface area contributed by atoms with E-state index < -0.39 is 0 Å². The average Bonchev–Trinajstić information content (AvgIpc) is 2.01. The van der Waals surface area contributed by atoms with Crippen molar-refractivity contribution in [2.75, 3.05) is 0 Å². The third-order valence-corrected chi connectivity index (χ3v) is 1.74. The molecule has 1 rings (SSSR count). The van der Waals surface area contributed by atoms with Crippen LogP contribution in [0.1, 0.15) is 25.5 Å². The van der Waals surface area contributed by atoms with E-state index in [0.29, 0.717) is 4.77 Å². The number of H-pyrrole nitrogens is 1. The minimum atomic E-state index is 0.582. The van der Waals surface area contributed by atoms with Gasteiger partial charge in [-0.2, -0.15) is 0 Å². The summed E-state index contributed by atoms with van der Waals surface area (Å²) in [6.07, 6.45) is 5.24. The van der Waals surface area contributed by atoms with Crippen LogP contribution in [0, 0.1) is 4.77 Å². The molecule has 1 heterocycles. The minimum Gasteiger partial charge on any atom is -0.335 e. The predicted octanol–water partition coefficient (Wildman–Crippen LogP) is 2.48. The molecule has 3 heteroatoms. The lowest BCUT2D eigenvalue weighted by Gasteiger charge is -1.97. The van der Waals surface area contributed by atoms with Crippen molar-refractivity contribution in [3.63, 3.8) is 0 Å². The number of nitrogens with one attached hydrogen (secondary N) is 1. The fourth-order valence-electron chi connectivity index (χ4n) is 0.919. The zero-order chi connectivity index (χ0) is 8.10. The molecule has 0 aliphatic rings.